The average Bonchev–Trinajstić information content (AvgIpc) is 2.30. The predicted molar refractivity (Wildman–Crippen MR) is 65.2 cm³/mol. The quantitative estimate of drug-likeness (QED) is 0.610. The monoisotopic (exact) mass is 276 g/mol. The summed E-state index contributed by atoms with van der Waals surface area (Å²) in [6, 6.07) is 13.0. The molecule has 0 fully saturated rings. The maximum absolute atomic E-state index is 12.1. The smallest absolute Gasteiger partial charge is 0.256 e. The minimum absolute atomic E-state index is 0.0376. The number of halogens is 1. The summed E-state index contributed by atoms with van der Waals surface area (Å²) in [5, 5.41) is 0. The van der Waals surface area contributed by atoms with Crippen LogP contribution in [-0.4, -0.2) is 5.78 Å². The Morgan fingerprint density at radius 3 is 2.44 bits per heavy atom. The van der Waals surface area contributed by atoms with Gasteiger partial charge in [-0.2, -0.15) is 4.57 Å². The van der Waals surface area contributed by atoms with E-state index in [2.05, 4.69) is 15.9 Å². The van der Waals surface area contributed by atoms with Crippen molar-refractivity contribution in [2.45, 2.75) is 0 Å². The number of rotatable bonds is 2. The molecule has 0 radical (unpaired) electrons. The highest BCUT2D eigenvalue weighted by molar-refractivity contribution is 9.10. The summed E-state index contributed by atoms with van der Waals surface area (Å²) in [6.07, 6.45) is 1.87. The van der Waals surface area contributed by atoms with Crippen molar-refractivity contribution < 1.29 is 9.36 Å². The van der Waals surface area contributed by atoms with Gasteiger partial charge in [-0.05, 0) is 30.3 Å². The highest BCUT2D eigenvalue weighted by Gasteiger charge is 2.17. The average molecular weight is 277 g/mol. The summed E-state index contributed by atoms with van der Waals surface area (Å²) in [5.41, 5.74) is 1.38. The molecule has 2 rings (SSSR count). The zero-order valence-corrected chi connectivity index (χ0v) is 10.4. The third kappa shape index (κ3) is 2.19. The first-order valence-corrected chi connectivity index (χ1v) is 5.73. The Morgan fingerprint density at radius 2 is 1.81 bits per heavy atom. The zero-order valence-electron chi connectivity index (χ0n) is 8.85. The van der Waals surface area contributed by atoms with Gasteiger partial charge in [-0.25, -0.2) is 0 Å². The molecule has 0 aliphatic heterocycles. The minimum atomic E-state index is 0.0376. The van der Waals surface area contributed by atoms with Crippen LogP contribution in [0.4, 0.5) is 0 Å². The molecule has 0 spiro atoms. The van der Waals surface area contributed by atoms with Gasteiger partial charge in [-0.3, -0.25) is 4.79 Å². The van der Waals surface area contributed by atoms with Crippen molar-refractivity contribution in [3.8, 4) is 0 Å². The maximum Gasteiger partial charge on any atom is 0.256 e. The fourth-order valence-corrected chi connectivity index (χ4v) is 1.77. The summed E-state index contributed by atoms with van der Waals surface area (Å²) < 4.78 is 2.80. The van der Waals surface area contributed by atoms with Crippen LogP contribution in [0.25, 0.3) is 0 Å². The van der Waals surface area contributed by atoms with Crippen LogP contribution < -0.4 is 4.57 Å². The molecular weight excluding hydrogens is 266 g/mol. The first-order valence-electron chi connectivity index (χ1n) is 4.93. The van der Waals surface area contributed by atoms with E-state index in [0.717, 1.165) is 4.47 Å². The first kappa shape index (κ1) is 11.0. The number of hydrogen-bond acceptors (Lipinski definition) is 1. The van der Waals surface area contributed by atoms with Crippen LogP contribution >= 0.6 is 15.9 Å². The lowest BCUT2D eigenvalue weighted by Crippen LogP contribution is -2.35. The van der Waals surface area contributed by atoms with Gasteiger partial charge in [0.25, 0.3) is 11.5 Å². The number of nitrogens with zero attached hydrogens (tertiary/aromatic N) is 1. The second kappa shape index (κ2) is 4.58. The van der Waals surface area contributed by atoms with Crippen LogP contribution in [0.15, 0.2) is 53.1 Å². The maximum atomic E-state index is 12.1. The number of carbonyl (C=O) groups is 1. The van der Waals surface area contributed by atoms with Crippen LogP contribution in [0, 0.1) is 0 Å². The van der Waals surface area contributed by atoms with Gasteiger partial charge in [0.1, 0.15) is 7.05 Å². The molecule has 16 heavy (non-hydrogen) atoms. The Morgan fingerprint density at radius 1 is 1.12 bits per heavy atom. The lowest BCUT2D eigenvalue weighted by Gasteiger charge is -1.99. The van der Waals surface area contributed by atoms with E-state index in [-0.39, 0.29) is 5.78 Å². The third-order valence-corrected chi connectivity index (χ3v) is 2.92. The SMILES string of the molecule is C[n+]1ccccc1C(=O)c1ccc(Br)cc1. The molecule has 1 heterocycles. The Balaban J connectivity index is 2.40. The molecule has 2 aromatic rings. The topological polar surface area (TPSA) is 20.9 Å². The van der Waals surface area contributed by atoms with E-state index in [9.17, 15) is 4.79 Å². The van der Waals surface area contributed by atoms with Gasteiger partial charge in [-0.15, -0.1) is 0 Å². The summed E-state index contributed by atoms with van der Waals surface area (Å²) in [4.78, 5) is 12.1. The molecule has 1 aromatic carbocycles. The van der Waals surface area contributed by atoms with Gasteiger partial charge < -0.3 is 0 Å². The zero-order chi connectivity index (χ0) is 11.5. The Bertz CT molecular complexity index is 520. The standard InChI is InChI=1S/C13H11BrNO/c1-15-9-3-2-4-12(15)13(16)10-5-7-11(14)8-6-10/h2-9H,1H3/q+1. The molecule has 0 unspecified atom stereocenters. The number of carbonyl (C=O) groups excluding carboxylic acids is 1. The summed E-state index contributed by atoms with van der Waals surface area (Å²) in [7, 11) is 1.87. The van der Waals surface area contributed by atoms with Gasteiger partial charge >= 0.3 is 0 Å². The Kier molecular flexibility index (Phi) is 3.15. The van der Waals surface area contributed by atoms with Gasteiger partial charge in [0.15, 0.2) is 6.20 Å². The predicted octanol–water partition coefficient (Wildman–Crippen LogP) is 2.50. The largest absolute Gasteiger partial charge is 0.282 e. The van der Waals surface area contributed by atoms with Crippen LogP contribution in [0.3, 0.4) is 0 Å². The van der Waals surface area contributed by atoms with E-state index in [1.54, 1.807) is 0 Å². The van der Waals surface area contributed by atoms with Gasteiger partial charge in [0, 0.05) is 22.2 Å². The van der Waals surface area contributed by atoms with Crippen molar-refractivity contribution in [3.63, 3.8) is 0 Å². The van der Waals surface area contributed by atoms with Crippen molar-refractivity contribution in [2.75, 3.05) is 0 Å². The van der Waals surface area contributed by atoms with Crippen LogP contribution in [0.5, 0.6) is 0 Å². The highest BCUT2D eigenvalue weighted by Crippen LogP contribution is 2.12. The molecule has 0 N–H and O–H groups in total. The Hall–Kier alpha value is -1.48. The molecule has 2 nitrogen and oxygen atoms in total. The van der Waals surface area contributed by atoms with E-state index in [4.69, 9.17) is 0 Å². The van der Waals surface area contributed by atoms with Gasteiger partial charge in [-0.1, -0.05) is 15.9 Å². The first-order chi connectivity index (χ1) is 7.68. The van der Waals surface area contributed by atoms with Crippen LogP contribution in [-0.2, 0) is 7.05 Å². The lowest BCUT2D eigenvalue weighted by molar-refractivity contribution is -0.673. The molecular formula is C13H11BrNO+. The normalized spacial score (nSPS) is 10.1. The summed E-state index contributed by atoms with van der Waals surface area (Å²) in [5.74, 6) is 0.0376. The number of pyridine rings is 1. The number of aryl methyl sites for hydroxylation is 1. The number of ketones is 1. The minimum Gasteiger partial charge on any atom is -0.282 e. The molecule has 3 heteroatoms. The molecule has 0 aliphatic rings. The molecule has 0 aliphatic carbocycles. The molecule has 0 atom stereocenters. The molecule has 0 saturated heterocycles. The van der Waals surface area contributed by atoms with Crippen molar-refractivity contribution in [3.05, 3.63) is 64.4 Å². The molecule has 1 aromatic heterocycles. The fourth-order valence-electron chi connectivity index (χ4n) is 1.51. The van der Waals surface area contributed by atoms with E-state index >= 15 is 0 Å². The van der Waals surface area contributed by atoms with Crippen LogP contribution in [0.2, 0.25) is 0 Å². The number of hydrogen-bond donors (Lipinski definition) is 0. The van der Waals surface area contributed by atoms with Crippen molar-refractivity contribution in [1.29, 1.82) is 0 Å². The van der Waals surface area contributed by atoms with E-state index < -0.39 is 0 Å². The van der Waals surface area contributed by atoms with Crippen molar-refractivity contribution in [1.82, 2.24) is 0 Å². The van der Waals surface area contributed by atoms with Crippen molar-refractivity contribution in [2.24, 2.45) is 7.05 Å². The molecule has 0 bridgehead atoms. The van der Waals surface area contributed by atoms with E-state index in [1.165, 1.54) is 0 Å². The Labute approximate surface area is 103 Å². The summed E-state index contributed by atoms with van der Waals surface area (Å²) >= 11 is 3.35. The highest BCUT2D eigenvalue weighted by atomic mass is 79.9. The fraction of sp³-hybridized carbons (Fsp3) is 0.0769. The second-order valence-corrected chi connectivity index (χ2v) is 4.45. The molecule has 80 valence electrons. The lowest BCUT2D eigenvalue weighted by atomic mass is 10.1. The summed E-state index contributed by atoms with van der Waals surface area (Å²) in [6.45, 7) is 0. The molecule has 0 saturated carbocycles. The van der Waals surface area contributed by atoms with E-state index in [0.29, 0.717) is 11.3 Å². The number of benzene rings is 1. The van der Waals surface area contributed by atoms with Gasteiger partial charge in [0.05, 0.1) is 0 Å². The second-order valence-electron chi connectivity index (χ2n) is 3.53. The van der Waals surface area contributed by atoms with E-state index in [1.807, 2.05) is 60.3 Å². The third-order valence-electron chi connectivity index (χ3n) is 2.39. The van der Waals surface area contributed by atoms with Gasteiger partial charge in [0.2, 0.25) is 0 Å². The number of aromatic nitrogens is 1. The van der Waals surface area contributed by atoms with Crippen LogP contribution in [0.1, 0.15) is 16.1 Å². The van der Waals surface area contributed by atoms with Crippen molar-refractivity contribution >= 4 is 21.7 Å². The molecule has 0 amide bonds.